The van der Waals surface area contributed by atoms with Crippen molar-refractivity contribution in [2.24, 2.45) is 0 Å². The molecule has 1 heterocycles. The van der Waals surface area contributed by atoms with E-state index in [0.29, 0.717) is 6.54 Å². The molecular formula is C14H14F4N4O3. The highest BCUT2D eigenvalue weighted by Crippen LogP contribution is 2.29. The zero-order chi connectivity index (χ0) is 18.6. The van der Waals surface area contributed by atoms with Crippen LogP contribution in [0.3, 0.4) is 0 Å². The lowest BCUT2D eigenvalue weighted by Gasteiger charge is -2.14. The van der Waals surface area contributed by atoms with Gasteiger partial charge in [-0.25, -0.2) is 9.87 Å². The smallest absolute Gasteiger partial charge is 0.348 e. The Bertz CT molecular complexity index is 748. The third-order valence-corrected chi connectivity index (χ3v) is 3.05. The Kier molecular flexibility index (Phi) is 5.69. The van der Waals surface area contributed by atoms with E-state index in [4.69, 9.17) is 0 Å². The average Bonchev–Trinajstić information content (AvgIpc) is 3.02. The Balaban J connectivity index is 2.15. The summed E-state index contributed by atoms with van der Waals surface area (Å²) in [4.78, 5) is 19.8. The molecular weight excluding hydrogens is 348 g/mol. The number of alkyl halides is 3. The van der Waals surface area contributed by atoms with Crippen LogP contribution in [-0.2, 0) is 11.0 Å². The van der Waals surface area contributed by atoms with Gasteiger partial charge in [-0.3, -0.25) is 4.79 Å². The molecule has 7 nitrogen and oxygen atoms in total. The van der Waals surface area contributed by atoms with E-state index >= 15 is 0 Å². The van der Waals surface area contributed by atoms with Crippen LogP contribution >= 0.6 is 0 Å². The van der Waals surface area contributed by atoms with Crippen LogP contribution in [0.5, 0.6) is 0 Å². The number of nitrogens with one attached hydrogen (secondary N) is 2. The number of hydroxylamine groups is 1. The molecule has 0 saturated carbocycles. The molecule has 25 heavy (non-hydrogen) atoms. The minimum absolute atomic E-state index is 0.0533. The van der Waals surface area contributed by atoms with Crippen molar-refractivity contribution in [1.29, 1.82) is 0 Å². The number of aromatic nitrogens is 2. The van der Waals surface area contributed by atoms with Gasteiger partial charge in [-0.1, -0.05) is 11.2 Å². The third-order valence-electron chi connectivity index (χ3n) is 3.05. The number of carbonyl (C=O) groups excluding carboxylic acids is 1. The Morgan fingerprint density at radius 2 is 2.12 bits per heavy atom. The molecule has 2 rings (SSSR count). The molecule has 0 aliphatic rings. The molecule has 0 aliphatic carbocycles. The molecule has 2 N–H and O–H groups in total. The molecule has 1 amide bonds. The van der Waals surface area contributed by atoms with Crippen molar-refractivity contribution in [2.75, 3.05) is 13.7 Å². The molecule has 136 valence electrons. The van der Waals surface area contributed by atoms with Crippen molar-refractivity contribution in [3.8, 4) is 11.4 Å². The molecule has 0 bridgehead atoms. The number of rotatable bonds is 6. The van der Waals surface area contributed by atoms with E-state index in [1.165, 1.54) is 13.2 Å². The topological polar surface area (TPSA) is 89.3 Å². The first-order valence-electron chi connectivity index (χ1n) is 7.00. The van der Waals surface area contributed by atoms with E-state index in [0.717, 1.165) is 12.1 Å². The maximum absolute atomic E-state index is 14.1. The first kappa shape index (κ1) is 18.8. The van der Waals surface area contributed by atoms with Gasteiger partial charge in [-0.2, -0.15) is 18.2 Å². The Hall–Kier alpha value is -2.53. The van der Waals surface area contributed by atoms with Crippen molar-refractivity contribution >= 4 is 5.91 Å². The third kappa shape index (κ3) is 4.73. The molecule has 0 fully saturated rings. The van der Waals surface area contributed by atoms with Gasteiger partial charge < -0.3 is 14.7 Å². The molecule has 0 spiro atoms. The fraction of sp³-hybridized carbons (Fsp3) is 0.357. The first-order valence-corrected chi connectivity index (χ1v) is 7.00. The average molecular weight is 362 g/mol. The summed E-state index contributed by atoms with van der Waals surface area (Å²) in [5.74, 6) is -3.58. The molecule has 2 aromatic rings. The Morgan fingerprint density at radius 1 is 1.40 bits per heavy atom. The van der Waals surface area contributed by atoms with Crippen LogP contribution in [0.1, 0.15) is 23.2 Å². The van der Waals surface area contributed by atoms with Crippen LogP contribution in [0, 0.1) is 5.82 Å². The summed E-state index contributed by atoms with van der Waals surface area (Å²) in [6.45, 7) is 1.97. The molecule has 1 aromatic heterocycles. The van der Waals surface area contributed by atoms with Crippen molar-refractivity contribution < 1.29 is 31.7 Å². The van der Waals surface area contributed by atoms with Crippen LogP contribution in [0.4, 0.5) is 17.6 Å². The van der Waals surface area contributed by atoms with Crippen molar-refractivity contribution in [2.45, 2.75) is 19.1 Å². The molecule has 1 atom stereocenters. The van der Waals surface area contributed by atoms with Gasteiger partial charge in [0, 0.05) is 18.2 Å². The maximum atomic E-state index is 14.1. The molecule has 1 aromatic carbocycles. The lowest BCUT2D eigenvalue weighted by Crippen LogP contribution is -2.40. The predicted molar refractivity (Wildman–Crippen MR) is 76.6 cm³/mol. The molecule has 0 saturated heterocycles. The van der Waals surface area contributed by atoms with Gasteiger partial charge in [-0.15, -0.1) is 0 Å². The zero-order valence-electron chi connectivity index (χ0n) is 13.1. The molecule has 0 aliphatic heterocycles. The van der Waals surface area contributed by atoms with Gasteiger partial charge in [0.15, 0.2) is 0 Å². The summed E-state index contributed by atoms with van der Waals surface area (Å²) in [6, 6.07) is 2.86. The molecule has 1 unspecified atom stereocenters. The van der Waals surface area contributed by atoms with Crippen molar-refractivity contribution in [1.82, 2.24) is 20.9 Å². The molecule has 0 radical (unpaired) electrons. The van der Waals surface area contributed by atoms with E-state index in [1.807, 2.05) is 0 Å². The summed E-state index contributed by atoms with van der Waals surface area (Å²) in [5.41, 5.74) is 2.21. The zero-order valence-corrected chi connectivity index (χ0v) is 13.1. The Morgan fingerprint density at radius 3 is 2.68 bits per heavy atom. The second kappa shape index (κ2) is 7.57. The number of hydrogen-bond acceptors (Lipinski definition) is 6. The van der Waals surface area contributed by atoms with Gasteiger partial charge in [-0.05, 0) is 19.1 Å². The number of benzene rings is 1. The Labute approximate surface area is 139 Å². The van der Waals surface area contributed by atoms with Gasteiger partial charge in [0.1, 0.15) is 5.82 Å². The summed E-state index contributed by atoms with van der Waals surface area (Å²) in [5, 5.41) is 5.69. The minimum atomic E-state index is -4.80. The van der Waals surface area contributed by atoms with Crippen molar-refractivity contribution in [3.05, 3.63) is 35.5 Å². The quantitative estimate of drug-likeness (QED) is 0.605. The van der Waals surface area contributed by atoms with Crippen LogP contribution < -0.4 is 10.8 Å². The van der Waals surface area contributed by atoms with E-state index in [2.05, 4.69) is 30.3 Å². The fourth-order valence-electron chi connectivity index (χ4n) is 1.86. The van der Waals surface area contributed by atoms with E-state index in [-0.39, 0.29) is 17.2 Å². The summed E-state index contributed by atoms with van der Waals surface area (Å²) in [7, 11) is 1.41. The van der Waals surface area contributed by atoms with Gasteiger partial charge in [0.2, 0.25) is 5.82 Å². The highest BCUT2D eigenvalue weighted by Gasteiger charge is 2.38. The number of carbonyl (C=O) groups is 1. The number of amides is 1. The van der Waals surface area contributed by atoms with Crippen molar-refractivity contribution in [3.63, 3.8) is 0 Å². The summed E-state index contributed by atoms with van der Waals surface area (Å²) < 4.78 is 55.5. The number of hydrogen-bond donors (Lipinski definition) is 2. The van der Waals surface area contributed by atoms with E-state index < -0.39 is 29.6 Å². The SMILES string of the molecule is CONCC(C)NC(=O)c1ccc(-c2noc(C(F)(F)F)n2)cc1F. The maximum Gasteiger partial charge on any atom is 0.471 e. The largest absolute Gasteiger partial charge is 0.471 e. The predicted octanol–water partition coefficient (Wildman–Crippen LogP) is 2.16. The van der Waals surface area contributed by atoms with Crippen LogP contribution in [-0.4, -0.2) is 35.7 Å². The van der Waals surface area contributed by atoms with E-state index in [9.17, 15) is 22.4 Å². The summed E-state index contributed by atoms with van der Waals surface area (Å²) in [6.07, 6.45) is -4.80. The second-order valence-corrected chi connectivity index (χ2v) is 5.04. The standard InChI is InChI=1S/C14H14F4N4O3/c1-7(6-19-24-2)20-12(23)9-4-3-8(5-10(9)15)11-21-13(25-22-11)14(16,17)18/h3-5,7,19H,6H2,1-2H3,(H,20,23). The van der Waals surface area contributed by atoms with Crippen LogP contribution in [0.15, 0.2) is 22.7 Å². The van der Waals surface area contributed by atoms with Gasteiger partial charge >= 0.3 is 12.1 Å². The minimum Gasteiger partial charge on any atom is -0.348 e. The second-order valence-electron chi connectivity index (χ2n) is 5.04. The highest BCUT2D eigenvalue weighted by molar-refractivity contribution is 5.95. The van der Waals surface area contributed by atoms with Crippen LogP contribution in [0.2, 0.25) is 0 Å². The first-order chi connectivity index (χ1) is 11.7. The van der Waals surface area contributed by atoms with Gasteiger partial charge in [0.25, 0.3) is 5.91 Å². The molecule has 11 heteroatoms. The summed E-state index contributed by atoms with van der Waals surface area (Å²) >= 11 is 0. The van der Waals surface area contributed by atoms with Crippen LogP contribution in [0.25, 0.3) is 11.4 Å². The normalized spacial score (nSPS) is 12.9. The number of nitrogens with zero attached hydrogens (tertiary/aromatic N) is 2. The lowest BCUT2D eigenvalue weighted by atomic mass is 10.1. The van der Waals surface area contributed by atoms with E-state index in [1.54, 1.807) is 6.92 Å². The monoisotopic (exact) mass is 362 g/mol. The van der Waals surface area contributed by atoms with Gasteiger partial charge in [0.05, 0.1) is 12.7 Å². The fourth-order valence-corrected chi connectivity index (χ4v) is 1.86. The highest BCUT2D eigenvalue weighted by atomic mass is 19.4. The lowest BCUT2D eigenvalue weighted by molar-refractivity contribution is -0.159. The number of halogens is 4.